The van der Waals surface area contributed by atoms with Gasteiger partial charge >= 0.3 is 6.09 Å². The Kier molecular flexibility index (Phi) is 4.08. The molecule has 1 aliphatic rings. The van der Waals surface area contributed by atoms with E-state index in [1.165, 1.54) is 4.90 Å². The van der Waals surface area contributed by atoms with E-state index in [2.05, 4.69) is 0 Å². The van der Waals surface area contributed by atoms with Gasteiger partial charge in [0, 0.05) is 13.5 Å². The molecule has 0 unspecified atom stereocenters. The Morgan fingerprint density at radius 3 is 2.11 bits per heavy atom. The lowest BCUT2D eigenvalue weighted by Gasteiger charge is -2.30. The molecule has 1 amide bonds. The summed E-state index contributed by atoms with van der Waals surface area (Å²) in [7, 11) is 1.67. The van der Waals surface area contributed by atoms with Gasteiger partial charge < -0.3 is 4.74 Å². The summed E-state index contributed by atoms with van der Waals surface area (Å²) in [5.74, 6) is 0.480. The van der Waals surface area contributed by atoms with E-state index in [1.807, 2.05) is 34.6 Å². The van der Waals surface area contributed by atoms with Crippen molar-refractivity contribution in [2.24, 2.45) is 5.92 Å². The summed E-state index contributed by atoms with van der Waals surface area (Å²) in [4.78, 5) is 25.7. The maximum absolute atomic E-state index is 12.2. The Bertz CT molecular complexity index is 337. The van der Waals surface area contributed by atoms with E-state index in [4.69, 9.17) is 4.74 Å². The SMILES string of the molecule is CC(C)CC(=O)C1(N(C)C(=O)OC(C)(C)C)CC1. The fourth-order valence-corrected chi connectivity index (χ4v) is 1.99. The average Bonchev–Trinajstić information content (AvgIpc) is 2.93. The van der Waals surface area contributed by atoms with Crippen LogP contribution in [0.5, 0.6) is 0 Å². The minimum atomic E-state index is -0.591. The van der Waals surface area contributed by atoms with Gasteiger partial charge in [0.15, 0.2) is 5.78 Å². The molecule has 4 nitrogen and oxygen atoms in total. The summed E-state index contributed by atoms with van der Waals surface area (Å²) in [6, 6.07) is 0. The maximum Gasteiger partial charge on any atom is 0.410 e. The fourth-order valence-electron chi connectivity index (χ4n) is 1.99. The van der Waals surface area contributed by atoms with E-state index < -0.39 is 17.2 Å². The van der Waals surface area contributed by atoms with Crippen LogP contribution in [0.4, 0.5) is 4.79 Å². The number of amides is 1. The molecule has 0 saturated heterocycles. The van der Waals surface area contributed by atoms with Crippen molar-refractivity contribution >= 4 is 11.9 Å². The van der Waals surface area contributed by atoms with Gasteiger partial charge in [-0.15, -0.1) is 0 Å². The molecule has 0 bridgehead atoms. The first kappa shape index (κ1) is 15.0. The normalized spacial score (nSPS) is 17.5. The number of carbonyl (C=O) groups is 2. The molecule has 4 heteroatoms. The van der Waals surface area contributed by atoms with E-state index >= 15 is 0 Å². The molecule has 0 radical (unpaired) electrons. The average molecular weight is 255 g/mol. The highest BCUT2D eigenvalue weighted by Gasteiger charge is 2.55. The molecule has 104 valence electrons. The van der Waals surface area contributed by atoms with Crippen molar-refractivity contribution in [1.29, 1.82) is 0 Å². The molecule has 0 spiro atoms. The van der Waals surface area contributed by atoms with Crippen LogP contribution in [-0.4, -0.2) is 35.0 Å². The van der Waals surface area contributed by atoms with Crippen LogP contribution in [0.25, 0.3) is 0 Å². The monoisotopic (exact) mass is 255 g/mol. The van der Waals surface area contributed by atoms with Gasteiger partial charge in [0.1, 0.15) is 11.1 Å². The van der Waals surface area contributed by atoms with Gasteiger partial charge in [0.2, 0.25) is 0 Å². The van der Waals surface area contributed by atoms with Gasteiger partial charge in [-0.25, -0.2) is 4.79 Å². The van der Waals surface area contributed by atoms with Gasteiger partial charge in [-0.05, 0) is 39.5 Å². The second kappa shape index (κ2) is 4.90. The zero-order valence-corrected chi connectivity index (χ0v) is 12.4. The van der Waals surface area contributed by atoms with Crippen LogP contribution in [-0.2, 0) is 9.53 Å². The van der Waals surface area contributed by atoms with Gasteiger partial charge in [0.05, 0.1) is 0 Å². The van der Waals surface area contributed by atoms with Crippen molar-refractivity contribution in [3.63, 3.8) is 0 Å². The molecule has 0 aromatic carbocycles. The third-order valence-corrected chi connectivity index (χ3v) is 3.15. The molecule has 0 heterocycles. The van der Waals surface area contributed by atoms with Crippen molar-refractivity contribution in [1.82, 2.24) is 4.90 Å². The lowest BCUT2D eigenvalue weighted by atomic mass is 9.99. The number of Topliss-reactive ketones (excluding diaryl/α,β-unsaturated/α-hetero) is 1. The molecule has 0 aromatic rings. The highest BCUT2D eigenvalue weighted by Crippen LogP contribution is 2.43. The van der Waals surface area contributed by atoms with E-state index in [0.717, 1.165) is 12.8 Å². The Labute approximate surface area is 110 Å². The molecule has 18 heavy (non-hydrogen) atoms. The Balaban J connectivity index is 2.68. The second-order valence-electron chi connectivity index (χ2n) is 6.59. The molecule has 1 fully saturated rings. The number of rotatable bonds is 4. The maximum atomic E-state index is 12.2. The molecule has 1 rings (SSSR count). The van der Waals surface area contributed by atoms with Gasteiger partial charge in [-0.3, -0.25) is 9.69 Å². The van der Waals surface area contributed by atoms with Crippen LogP contribution in [0.2, 0.25) is 0 Å². The van der Waals surface area contributed by atoms with Crippen LogP contribution in [0.1, 0.15) is 53.9 Å². The van der Waals surface area contributed by atoms with Crippen LogP contribution in [0.3, 0.4) is 0 Å². The third-order valence-electron chi connectivity index (χ3n) is 3.15. The minimum Gasteiger partial charge on any atom is -0.444 e. The van der Waals surface area contributed by atoms with Crippen LogP contribution >= 0.6 is 0 Å². The summed E-state index contributed by atoms with van der Waals surface area (Å²) in [6.07, 6.45) is 1.63. The van der Waals surface area contributed by atoms with E-state index in [9.17, 15) is 9.59 Å². The Morgan fingerprint density at radius 1 is 1.28 bits per heavy atom. The summed E-state index contributed by atoms with van der Waals surface area (Å²) >= 11 is 0. The molecule has 0 N–H and O–H groups in total. The number of ketones is 1. The molecular formula is C14H25NO3. The van der Waals surface area contributed by atoms with Crippen molar-refractivity contribution in [3.05, 3.63) is 0 Å². The molecule has 0 aromatic heterocycles. The number of hydrogen-bond donors (Lipinski definition) is 0. The van der Waals surface area contributed by atoms with Crippen molar-refractivity contribution < 1.29 is 14.3 Å². The first-order valence-corrected chi connectivity index (χ1v) is 6.58. The van der Waals surface area contributed by atoms with Gasteiger partial charge in [-0.2, -0.15) is 0 Å². The number of ether oxygens (including phenoxy) is 1. The predicted octanol–water partition coefficient (Wildman–Crippen LogP) is 3.00. The van der Waals surface area contributed by atoms with E-state index in [-0.39, 0.29) is 5.78 Å². The number of likely N-dealkylation sites (N-methyl/N-ethyl adjacent to an activating group) is 1. The standard InChI is InChI=1S/C14H25NO3/c1-10(2)9-11(16)14(7-8-14)15(6)12(17)18-13(3,4)5/h10H,7-9H2,1-6H3. The Hall–Kier alpha value is -1.06. The van der Waals surface area contributed by atoms with Crippen molar-refractivity contribution in [2.75, 3.05) is 7.05 Å². The summed E-state index contributed by atoms with van der Waals surface area (Å²) in [5.41, 5.74) is -1.12. The zero-order valence-electron chi connectivity index (χ0n) is 12.4. The summed E-state index contributed by atoms with van der Waals surface area (Å²) < 4.78 is 5.32. The van der Waals surface area contributed by atoms with Crippen LogP contribution in [0.15, 0.2) is 0 Å². The largest absolute Gasteiger partial charge is 0.444 e. The summed E-state index contributed by atoms with van der Waals surface area (Å²) in [5, 5.41) is 0. The van der Waals surface area contributed by atoms with Gasteiger partial charge in [-0.1, -0.05) is 13.8 Å². The lowest BCUT2D eigenvalue weighted by Crippen LogP contribution is -2.47. The number of nitrogens with zero attached hydrogens (tertiary/aromatic N) is 1. The van der Waals surface area contributed by atoms with Crippen molar-refractivity contribution in [3.8, 4) is 0 Å². The molecule has 1 saturated carbocycles. The van der Waals surface area contributed by atoms with E-state index in [0.29, 0.717) is 12.3 Å². The molecule has 1 aliphatic carbocycles. The number of hydrogen-bond acceptors (Lipinski definition) is 3. The molecule has 0 atom stereocenters. The highest BCUT2D eigenvalue weighted by atomic mass is 16.6. The van der Waals surface area contributed by atoms with Crippen molar-refractivity contribution in [2.45, 2.75) is 65.0 Å². The number of carbonyl (C=O) groups excluding carboxylic acids is 2. The minimum absolute atomic E-state index is 0.158. The topological polar surface area (TPSA) is 46.6 Å². The quantitative estimate of drug-likeness (QED) is 0.775. The fraction of sp³-hybridized carbons (Fsp3) is 0.857. The third kappa shape index (κ3) is 3.47. The molecule has 0 aliphatic heterocycles. The van der Waals surface area contributed by atoms with Crippen LogP contribution in [0, 0.1) is 5.92 Å². The highest BCUT2D eigenvalue weighted by molar-refractivity contribution is 5.94. The first-order chi connectivity index (χ1) is 8.08. The van der Waals surface area contributed by atoms with Gasteiger partial charge in [0.25, 0.3) is 0 Å². The predicted molar refractivity (Wildman–Crippen MR) is 70.4 cm³/mol. The lowest BCUT2D eigenvalue weighted by molar-refractivity contribution is -0.126. The Morgan fingerprint density at radius 2 is 1.78 bits per heavy atom. The molecular weight excluding hydrogens is 230 g/mol. The zero-order chi connectivity index (χ0) is 14.1. The second-order valence-corrected chi connectivity index (χ2v) is 6.59. The van der Waals surface area contributed by atoms with E-state index in [1.54, 1.807) is 7.05 Å². The first-order valence-electron chi connectivity index (χ1n) is 6.58. The smallest absolute Gasteiger partial charge is 0.410 e. The summed E-state index contributed by atoms with van der Waals surface area (Å²) in [6.45, 7) is 9.51. The van der Waals surface area contributed by atoms with Crippen LogP contribution < -0.4 is 0 Å².